The van der Waals surface area contributed by atoms with Gasteiger partial charge in [0.1, 0.15) is 11.4 Å². The second-order valence-corrected chi connectivity index (χ2v) is 13.0. The summed E-state index contributed by atoms with van der Waals surface area (Å²) in [5.74, 6) is -10.1. The van der Waals surface area contributed by atoms with E-state index in [1.807, 2.05) is 0 Å². The number of alkyl halides is 10. The van der Waals surface area contributed by atoms with E-state index in [1.165, 1.54) is 19.4 Å². The molecule has 4 unspecified atom stereocenters. The van der Waals surface area contributed by atoms with Gasteiger partial charge in [-0.05, 0) is 43.4 Å². The maximum atomic E-state index is 13.0. The van der Waals surface area contributed by atoms with E-state index < -0.39 is 61.3 Å². The van der Waals surface area contributed by atoms with Crippen molar-refractivity contribution < 1.29 is 54.6 Å². The Bertz CT molecular complexity index is 1500. The molecule has 279 valence electrons. The Morgan fingerprint density at radius 3 is 1.47 bits per heavy atom. The van der Waals surface area contributed by atoms with Crippen LogP contribution in [0.4, 0.5) is 43.9 Å². The summed E-state index contributed by atoms with van der Waals surface area (Å²) < 4.78 is 144. The fraction of sp³-hybridized carbons (Fsp3) is 0.538. The molecule has 2 aromatic heterocycles. The van der Waals surface area contributed by atoms with Crippen LogP contribution in [0.2, 0.25) is 0 Å². The SMILES string of the molecule is C.C.CC(c1ccc(C(F)(F)C(F)(F)F)nc1)S(C)(=O)=NC#N.CC(c1ccc(C(F)(F)C(F)(F)F)nc1)S(C)=NC#N.CC[O-].O=O.[B].[HH]. The molecule has 23 heteroatoms. The first-order valence-electron chi connectivity index (χ1n) is 11.9. The van der Waals surface area contributed by atoms with Gasteiger partial charge in [0.05, 0.1) is 15.0 Å². The van der Waals surface area contributed by atoms with Crippen LogP contribution in [-0.4, -0.2) is 54.1 Å². The molecular formula is C26H35BF10N6O4S2-. The van der Waals surface area contributed by atoms with Crippen molar-refractivity contribution in [2.24, 2.45) is 8.73 Å². The first-order chi connectivity index (χ1) is 21.0. The van der Waals surface area contributed by atoms with Crippen LogP contribution < -0.4 is 5.11 Å². The molecule has 0 aromatic carbocycles. The monoisotopic (exact) mass is 760 g/mol. The lowest BCUT2D eigenvalue weighted by atomic mass is 10.1. The number of rotatable bonds is 6. The highest BCUT2D eigenvalue weighted by molar-refractivity contribution is 7.93. The standard InChI is InChI=1S/C11H10F5N3OS.C11H10F5N3S.C2H5O.2CH4.B.O2.H2/c1-7(21(2,20)19-6-17)8-3-4-9(18-5-8)10(12,13)11(14,15)16;1-7(20(2)19-6-17)8-3-4-9(18-5-8)10(12,13)11(14,15)16;1-2-3;;;;1-2;/h3-5,7H,1-2H3;3-5,7H,1-2H3;2H2,1H3;2*1H4;;;1H/q;;-1;;;;;. The van der Waals surface area contributed by atoms with Crippen molar-refractivity contribution in [3.63, 3.8) is 0 Å². The van der Waals surface area contributed by atoms with E-state index in [0.717, 1.165) is 24.5 Å². The molecule has 0 saturated carbocycles. The molecule has 0 aliphatic heterocycles. The summed E-state index contributed by atoms with van der Waals surface area (Å²) in [5.41, 5.74) is -2.22. The molecule has 49 heavy (non-hydrogen) atoms. The van der Waals surface area contributed by atoms with Gasteiger partial charge in [-0.2, -0.15) is 58.8 Å². The first-order valence-corrected chi connectivity index (χ1v) is 15.5. The van der Waals surface area contributed by atoms with Crippen LogP contribution in [0.5, 0.6) is 0 Å². The first kappa shape index (κ1) is 54.7. The molecule has 2 heterocycles. The van der Waals surface area contributed by atoms with Crippen molar-refractivity contribution in [2.75, 3.05) is 19.1 Å². The molecule has 0 amide bonds. The minimum Gasteiger partial charge on any atom is -0.855 e. The van der Waals surface area contributed by atoms with E-state index in [1.54, 1.807) is 26.3 Å². The number of aromatic nitrogens is 2. The Morgan fingerprint density at radius 2 is 1.20 bits per heavy atom. The smallest absolute Gasteiger partial charge is 0.459 e. The third-order valence-corrected chi connectivity index (χ3v) is 9.14. The van der Waals surface area contributed by atoms with Crippen LogP contribution in [-0.2, 0) is 32.3 Å². The Kier molecular flexibility index (Phi) is 25.5. The van der Waals surface area contributed by atoms with Crippen LogP contribution in [0.25, 0.3) is 0 Å². The number of nitriles is 2. The molecule has 0 aliphatic carbocycles. The topological polar surface area (TPSA) is 172 Å². The van der Waals surface area contributed by atoms with Crippen molar-refractivity contribution in [1.82, 2.24) is 9.97 Å². The molecule has 0 saturated heterocycles. The molecule has 2 rings (SSSR count). The number of hydrogen-bond donors (Lipinski definition) is 0. The average molecular weight is 761 g/mol. The molecular weight excluding hydrogens is 725 g/mol. The van der Waals surface area contributed by atoms with Crippen LogP contribution in [0.1, 0.15) is 70.1 Å². The van der Waals surface area contributed by atoms with Crippen molar-refractivity contribution >= 4 is 28.8 Å². The average Bonchev–Trinajstić information content (AvgIpc) is 2.97. The maximum absolute atomic E-state index is 13.0. The molecule has 0 spiro atoms. The predicted molar refractivity (Wildman–Crippen MR) is 167 cm³/mol. The Morgan fingerprint density at radius 1 is 0.857 bits per heavy atom. The zero-order valence-electron chi connectivity index (χ0n) is 24.8. The molecule has 2 aromatic rings. The lowest BCUT2D eigenvalue weighted by Gasteiger charge is -2.19. The van der Waals surface area contributed by atoms with Gasteiger partial charge in [-0.15, -0.1) is 11.0 Å². The van der Waals surface area contributed by atoms with Gasteiger partial charge in [0, 0.05) is 43.7 Å². The highest BCUT2D eigenvalue weighted by atomic mass is 32.2. The van der Waals surface area contributed by atoms with Gasteiger partial charge in [0.2, 0.25) is 12.4 Å². The quantitative estimate of drug-likeness (QED) is 0.164. The Hall–Kier alpha value is -3.70. The number of hydrogen-bond acceptors (Lipinski definition) is 10. The van der Waals surface area contributed by atoms with Gasteiger partial charge in [0.25, 0.3) is 0 Å². The van der Waals surface area contributed by atoms with Crippen molar-refractivity contribution in [3.8, 4) is 12.4 Å². The third-order valence-electron chi connectivity index (χ3n) is 5.44. The van der Waals surface area contributed by atoms with Crippen LogP contribution in [0.3, 0.4) is 0 Å². The van der Waals surface area contributed by atoms with Crippen LogP contribution in [0, 0.1) is 32.8 Å². The lowest BCUT2D eigenvalue weighted by molar-refractivity contribution is -0.361. The van der Waals surface area contributed by atoms with E-state index in [0.29, 0.717) is 17.7 Å². The Balaban J connectivity index is -0.000000160. The van der Waals surface area contributed by atoms with Gasteiger partial charge in [-0.3, -0.25) is 9.97 Å². The zero-order chi connectivity index (χ0) is 36.7. The predicted octanol–water partition coefficient (Wildman–Crippen LogP) is 7.66. The van der Waals surface area contributed by atoms with E-state index in [9.17, 15) is 48.1 Å². The summed E-state index contributed by atoms with van der Waals surface area (Å²) in [6, 6.07) is 3.26. The second-order valence-electron chi connectivity index (χ2n) is 8.44. The summed E-state index contributed by atoms with van der Waals surface area (Å²) in [6.07, 6.45) is -3.87. The third kappa shape index (κ3) is 15.6. The minimum atomic E-state index is -5.75. The summed E-state index contributed by atoms with van der Waals surface area (Å²) in [5, 5.41) is 24.6. The summed E-state index contributed by atoms with van der Waals surface area (Å²) in [4.78, 5) is 20.3. The largest absolute Gasteiger partial charge is 0.855 e. The van der Waals surface area contributed by atoms with Crippen LogP contribution >= 0.6 is 0 Å². The van der Waals surface area contributed by atoms with Gasteiger partial charge in [-0.1, -0.05) is 44.6 Å². The van der Waals surface area contributed by atoms with Gasteiger partial charge < -0.3 is 5.11 Å². The number of nitrogens with zero attached hydrogens (tertiary/aromatic N) is 6. The summed E-state index contributed by atoms with van der Waals surface area (Å²) in [7, 11) is -3.67. The zero-order valence-corrected chi connectivity index (χ0v) is 26.4. The molecule has 0 N–H and O–H groups in total. The van der Waals surface area contributed by atoms with E-state index in [-0.39, 0.29) is 42.1 Å². The number of halogens is 10. The summed E-state index contributed by atoms with van der Waals surface area (Å²) in [6.45, 7) is 4.66. The van der Waals surface area contributed by atoms with Gasteiger partial charge in [0.15, 0.2) is 0 Å². The molecule has 4 atom stereocenters. The fourth-order valence-electron chi connectivity index (χ4n) is 2.71. The highest BCUT2D eigenvalue weighted by Gasteiger charge is 2.60. The van der Waals surface area contributed by atoms with E-state index in [2.05, 4.69) is 18.7 Å². The molecule has 3 radical (unpaired) electrons. The molecule has 10 nitrogen and oxygen atoms in total. The highest BCUT2D eigenvalue weighted by Crippen LogP contribution is 2.44. The normalized spacial score (nSPS) is 14.0. The Labute approximate surface area is 283 Å². The van der Waals surface area contributed by atoms with Crippen molar-refractivity contribution in [1.29, 1.82) is 10.5 Å². The second kappa shape index (κ2) is 22.8. The van der Waals surface area contributed by atoms with Crippen LogP contribution in [0.15, 0.2) is 45.4 Å². The van der Waals surface area contributed by atoms with Gasteiger partial charge >= 0.3 is 24.2 Å². The maximum Gasteiger partial charge on any atom is 0.459 e. The van der Waals surface area contributed by atoms with E-state index in [4.69, 9.17) is 25.6 Å². The number of pyridine rings is 2. The molecule has 0 fully saturated rings. The van der Waals surface area contributed by atoms with Crippen molar-refractivity contribution in [2.45, 2.75) is 70.3 Å². The van der Waals surface area contributed by atoms with Crippen molar-refractivity contribution in [3.05, 3.63) is 69.1 Å². The van der Waals surface area contributed by atoms with E-state index >= 15 is 0 Å². The molecule has 0 aliphatic rings. The fourth-order valence-corrected chi connectivity index (χ4v) is 4.49. The molecule has 0 bridgehead atoms. The minimum absolute atomic E-state index is 0. The lowest BCUT2D eigenvalue weighted by Crippen LogP contribution is -2.34. The van der Waals surface area contributed by atoms with Gasteiger partial charge in [-0.25, -0.2) is 4.21 Å². The summed E-state index contributed by atoms with van der Waals surface area (Å²) >= 11 is 0.